The van der Waals surface area contributed by atoms with E-state index in [4.69, 9.17) is 0 Å². The van der Waals surface area contributed by atoms with Crippen molar-refractivity contribution < 1.29 is 5.11 Å². The molecule has 2 saturated carbocycles. The first-order valence-corrected chi connectivity index (χ1v) is 5.93. The molecule has 2 aliphatic rings. The Balaban J connectivity index is 1.69. The average Bonchev–Trinajstić information content (AvgIpc) is 2.91. The van der Waals surface area contributed by atoms with Gasteiger partial charge in [-0.2, -0.15) is 0 Å². The van der Waals surface area contributed by atoms with Gasteiger partial charge in [0.05, 0.1) is 6.10 Å². The van der Waals surface area contributed by atoms with E-state index in [0.717, 1.165) is 18.3 Å². The highest BCUT2D eigenvalue weighted by molar-refractivity contribution is 4.83. The lowest BCUT2D eigenvalue weighted by Crippen LogP contribution is -2.19. The Hall–Kier alpha value is -0.0400. The van der Waals surface area contributed by atoms with E-state index in [9.17, 15) is 5.11 Å². The summed E-state index contributed by atoms with van der Waals surface area (Å²) in [5.74, 6) is 2.46. The molecule has 76 valence electrons. The third-order valence-corrected chi connectivity index (χ3v) is 3.88. The minimum absolute atomic E-state index is 0.0402. The summed E-state index contributed by atoms with van der Waals surface area (Å²) in [6, 6.07) is 0. The van der Waals surface area contributed by atoms with Crippen LogP contribution in [0.5, 0.6) is 0 Å². The molecule has 13 heavy (non-hydrogen) atoms. The minimum Gasteiger partial charge on any atom is -0.393 e. The van der Waals surface area contributed by atoms with Gasteiger partial charge in [0.2, 0.25) is 0 Å². The minimum atomic E-state index is 0.0402. The maximum Gasteiger partial charge on any atom is 0.0571 e. The Bertz CT molecular complexity index is 155. The molecule has 1 nitrogen and oxygen atoms in total. The Morgan fingerprint density at radius 1 is 1.08 bits per heavy atom. The fourth-order valence-electron chi connectivity index (χ4n) is 2.58. The van der Waals surface area contributed by atoms with Crippen LogP contribution in [0.25, 0.3) is 0 Å². The molecule has 0 aromatic carbocycles. The number of hydrogen-bond acceptors (Lipinski definition) is 1. The van der Waals surface area contributed by atoms with Crippen LogP contribution in [0, 0.1) is 17.8 Å². The highest BCUT2D eigenvalue weighted by Gasteiger charge is 2.32. The van der Waals surface area contributed by atoms with E-state index in [-0.39, 0.29) is 6.10 Å². The molecule has 1 N–H and O–H groups in total. The van der Waals surface area contributed by atoms with E-state index in [0.29, 0.717) is 5.92 Å². The molecule has 0 aromatic heterocycles. The van der Waals surface area contributed by atoms with Gasteiger partial charge in [-0.05, 0) is 37.0 Å². The summed E-state index contributed by atoms with van der Waals surface area (Å²) in [5, 5.41) is 9.81. The quantitative estimate of drug-likeness (QED) is 0.711. The van der Waals surface area contributed by atoms with Crippen LogP contribution in [0.2, 0.25) is 0 Å². The van der Waals surface area contributed by atoms with E-state index in [1.54, 1.807) is 0 Å². The van der Waals surface area contributed by atoms with E-state index in [2.05, 4.69) is 6.92 Å². The molecule has 2 fully saturated rings. The molecule has 0 heterocycles. The molecule has 2 aliphatic carbocycles. The zero-order valence-electron chi connectivity index (χ0n) is 8.71. The molecule has 0 aliphatic heterocycles. The highest BCUT2D eigenvalue weighted by Crippen LogP contribution is 2.38. The molecule has 0 amide bonds. The average molecular weight is 182 g/mol. The van der Waals surface area contributed by atoms with Crippen LogP contribution in [-0.4, -0.2) is 11.2 Å². The lowest BCUT2D eigenvalue weighted by Gasteiger charge is -2.27. The van der Waals surface area contributed by atoms with Gasteiger partial charge >= 0.3 is 0 Å². The van der Waals surface area contributed by atoms with Gasteiger partial charge in [-0.3, -0.25) is 0 Å². The smallest absolute Gasteiger partial charge is 0.0571 e. The van der Waals surface area contributed by atoms with Gasteiger partial charge in [-0.1, -0.05) is 32.6 Å². The second-order valence-electron chi connectivity index (χ2n) is 5.27. The Morgan fingerprint density at radius 2 is 1.69 bits per heavy atom. The summed E-state index contributed by atoms with van der Waals surface area (Å²) in [6.45, 7) is 2.35. The molecule has 1 atom stereocenters. The molecule has 0 bridgehead atoms. The molecule has 0 saturated heterocycles. The zero-order valence-corrected chi connectivity index (χ0v) is 8.71. The molecule has 0 spiro atoms. The van der Waals surface area contributed by atoms with Crippen LogP contribution >= 0.6 is 0 Å². The third kappa shape index (κ3) is 2.70. The Morgan fingerprint density at radius 3 is 2.23 bits per heavy atom. The predicted octanol–water partition coefficient (Wildman–Crippen LogP) is 2.97. The first-order chi connectivity index (χ1) is 6.25. The maximum atomic E-state index is 9.81. The highest BCUT2D eigenvalue weighted by atomic mass is 16.3. The lowest BCUT2D eigenvalue weighted by molar-refractivity contribution is 0.105. The monoisotopic (exact) mass is 182 g/mol. The summed E-state index contributed by atoms with van der Waals surface area (Å²) >= 11 is 0. The normalized spacial score (nSPS) is 37.4. The first kappa shape index (κ1) is 9.51. The zero-order chi connectivity index (χ0) is 9.26. The van der Waals surface area contributed by atoms with Crippen LogP contribution in [0.4, 0.5) is 0 Å². The summed E-state index contributed by atoms with van der Waals surface area (Å²) < 4.78 is 0. The summed E-state index contributed by atoms with van der Waals surface area (Å²) in [6.07, 6.45) is 9.21. The summed E-state index contributed by atoms with van der Waals surface area (Å²) in [4.78, 5) is 0. The van der Waals surface area contributed by atoms with Crippen molar-refractivity contribution in [3.63, 3.8) is 0 Å². The molecule has 2 rings (SSSR count). The molecular formula is C12H22O. The maximum absolute atomic E-state index is 9.81. The standard InChI is InChI=1S/C12H22O/c1-9-2-4-10(5-3-9)8-12(13)11-6-7-11/h9-13H,2-8H2,1H3. The van der Waals surface area contributed by atoms with Crippen molar-refractivity contribution in [2.24, 2.45) is 17.8 Å². The second kappa shape index (κ2) is 4.00. The van der Waals surface area contributed by atoms with E-state index >= 15 is 0 Å². The first-order valence-electron chi connectivity index (χ1n) is 5.93. The van der Waals surface area contributed by atoms with Gasteiger partial charge in [0, 0.05) is 0 Å². The largest absolute Gasteiger partial charge is 0.393 e. The molecular weight excluding hydrogens is 160 g/mol. The number of rotatable bonds is 3. The van der Waals surface area contributed by atoms with Crippen molar-refractivity contribution in [2.75, 3.05) is 0 Å². The van der Waals surface area contributed by atoms with Crippen LogP contribution in [0.3, 0.4) is 0 Å². The Labute approximate surface area is 81.5 Å². The van der Waals surface area contributed by atoms with Gasteiger partial charge in [0.1, 0.15) is 0 Å². The SMILES string of the molecule is CC1CCC(CC(O)C2CC2)CC1. The molecule has 0 radical (unpaired) electrons. The fraction of sp³-hybridized carbons (Fsp3) is 1.00. The van der Waals surface area contributed by atoms with Gasteiger partial charge in [0.15, 0.2) is 0 Å². The van der Waals surface area contributed by atoms with E-state index in [1.807, 2.05) is 0 Å². The van der Waals surface area contributed by atoms with Crippen molar-refractivity contribution in [3.05, 3.63) is 0 Å². The topological polar surface area (TPSA) is 20.2 Å². The second-order valence-corrected chi connectivity index (χ2v) is 5.27. The van der Waals surface area contributed by atoms with Crippen molar-refractivity contribution in [1.29, 1.82) is 0 Å². The van der Waals surface area contributed by atoms with Gasteiger partial charge in [-0.15, -0.1) is 0 Å². The number of aliphatic hydroxyl groups is 1. The van der Waals surface area contributed by atoms with Crippen molar-refractivity contribution >= 4 is 0 Å². The van der Waals surface area contributed by atoms with Gasteiger partial charge < -0.3 is 5.11 Å². The van der Waals surface area contributed by atoms with Crippen LogP contribution < -0.4 is 0 Å². The van der Waals surface area contributed by atoms with Gasteiger partial charge in [0.25, 0.3) is 0 Å². The number of aliphatic hydroxyl groups excluding tert-OH is 1. The van der Waals surface area contributed by atoms with E-state index < -0.39 is 0 Å². The van der Waals surface area contributed by atoms with Crippen molar-refractivity contribution in [1.82, 2.24) is 0 Å². The van der Waals surface area contributed by atoms with Gasteiger partial charge in [-0.25, -0.2) is 0 Å². The van der Waals surface area contributed by atoms with Crippen LogP contribution in [0.15, 0.2) is 0 Å². The number of hydrogen-bond donors (Lipinski definition) is 1. The predicted molar refractivity (Wildman–Crippen MR) is 54.5 cm³/mol. The van der Waals surface area contributed by atoms with Crippen LogP contribution in [0.1, 0.15) is 51.9 Å². The third-order valence-electron chi connectivity index (χ3n) is 3.88. The van der Waals surface area contributed by atoms with E-state index in [1.165, 1.54) is 38.5 Å². The van der Waals surface area contributed by atoms with Crippen LogP contribution in [-0.2, 0) is 0 Å². The van der Waals surface area contributed by atoms with Crippen molar-refractivity contribution in [3.8, 4) is 0 Å². The molecule has 1 unspecified atom stereocenters. The summed E-state index contributed by atoms with van der Waals surface area (Å²) in [5.41, 5.74) is 0. The molecule has 1 heteroatoms. The fourth-order valence-corrected chi connectivity index (χ4v) is 2.58. The summed E-state index contributed by atoms with van der Waals surface area (Å²) in [7, 11) is 0. The van der Waals surface area contributed by atoms with Crippen molar-refractivity contribution in [2.45, 2.75) is 58.0 Å². The lowest BCUT2D eigenvalue weighted by atomic mass is 9.80. The Kier molecular flexibility index (Phi) is 2.92. The molecule has 0 aromatic rings.